The van der Waals surface area contributed by atoms with Gasteiger partial charge in [-0.15, -0.1) is 0 Å². The Hall–Kier alpha value is -2.01. The second kappa shape index (κ2) is 6.18. The first-order valence-corrected chi connectivity index (χ1v) is 6.84. The van der Waals surface area contributed by atoms with Crippen LogP contribution in [0.15, 0.2) is 27.4 Å². The van der Waals surface area contributed by atoms with Crippen LogP contribution in [0.2, 0.25) is 5.02 Å². The zero-order valence-corrected chi connectivity index (χ0v) is 12.7. The van der Waals surface area contributed by atoms with Gasteiger partial charge in [-0.3, -0.25) is 0 Å². The molecule has 2 rings (SSSR count). The van der Waals surface area contributed by atoms with Gasteiger partial charge in [0.2, 0.25) is 0 Å². The standard InChI is InChI=1S/C15H15ClO5/c1-4-9-5-14(17)21-12-7-13(11(16)6-10(9)12)20-8(2)15(18)19-3/h5-8H,4H2,1-3H3/t8-/m0/s1. The fraction of sp³-hybridized carbons (Fsp3) is 0.333. The largest absolute Gasteiger partial charge is 0.477 e. The van der Waals surface area contributed by atoms with Crippen molar-refractivity contribution < 1.29 is 18.7 Å². The van der Waals surface area contributed by atoms with Gasteiger partial charge in [-0.1, -0.05) is 18.5 Å². The molecule has 0 spiro atoms. The van der Waals surface area contributed by atoms with Crippen LogP contribution < -0.4 is 10.4 Å². The molecule has 1 heterocycles. The smallest absolute Gasteiger partial charge is 0.346 e. The van der Waals surface area contributed by atoms with Crippen molar-refractivity contribution in [2.45, 2.75) is 26.4 Å². The summed E-state index contributed by atoms with van der Waals surface area (Å²) >= 11 is 6.17. The van der Waals surface area contributed by atoms with Crippen LogP contribution >= 0.6 is 11.6 Å². The topological polar surface area (TPSA) is 65.7 Å². The third-order valence-electron chi connectivity index (χ3n) is 3.10. The Morgan fingerprint density at radius 3 is 2.71 bits per heavy atom. The van der Waals surface area contributed by atoms with Gasteiger partial charge in [0.05, 0.1) is 12.1 Å². The number of fused-ring (bicyclic) bond motifs is 1. The molecule has 112 valence electrons. The molecule has 6 heteroatoms. The second-order valence-corrected chi connectivity index (χ2v) is 4.91. The highest BCUT2D eigenvalue weighted by atomic mass is 35.5. The van der Waals surface area contributed by atoms with Crippen molar-refractivity contribution in [2.24, 2.45) is 0 Å². The number of hydrogen-bond donors (Lipinski definition) is 0. The molecule has 21 heavy (non-hydrogen) atoms. The van der Waals surface area contributed by atoms with Gasteiger partial charge in [0.1, 0.15) is 11.3 Å². The van der Waals surface area contributed by atoms with E-state index < -0.39 is 17.7 Å². The minimum Gasteiger partial charge on any atom is -0.477 e. The molecule has 0 aliphatic carbocycles. The first kappa shape index (κ1) is 15.4. The number of aryl methyl sites for hydroxylation is 1. The summed E-state index contributed by atoms with van der Waals surface area (Å²) in [6.07, 6.45) is -0.136. The predicted octanol–water partition coefficient (Wildman–Crippen LogP) is 2.95. The number of methoxy groups -OCH3 is 1. The number of esters is 1. The Kier molecular flexibility index (Phi) is 4.53. The zero-order valence-electron chi connectivity index (χ0n) is 11.9. The van der Waals surface area contributed by atoms with Gasteiger partial charge in [-0.2, -0.15) is 0 Å². The number of carbonyl (C=O) groups excluding carboxylic acids is 1. The Balaban J connectivity index is 2.50. The van der Waals surface area contributed by atoms with Crippen molar-refractivity contribution in [1.82, 2.24) is 0 Å². The summed E-state index contributed by atoms with van der Waals surface area (Å²) in [5.74, 6) is -0.256. The second-order valence-electron chi connectivity index (χ2n) is 4.51. The highest BCUT2D eigenvalue weighted by Gasteiger charge is 2.18. The van der Waals surface area contributed by atoms with Crippen molar-refractivity contribution in [3.63, 3.8) is 0 Å². The predicted molar refractivity (Wildman–Crippen MR) is 79.0 cm³/mol. The summed E-state index contributed by atoms with van der Waals surface area (Å²) in [5, 5.41) is 1.09. The molecule has 0 aliphatic rings. The lowest BCUT2D eigenvalue weighted by Crippen LogP contribution is -2.25. The Morgan fingerprint density at radius 1 is 1.38 bits per heavy atom. The van der Waals surface area contributed by atoms with E-state index in [2.05, 4.69) is 4.74 Å². The van der Waals surface area contributed by atoms with Crippen LogP contribution in [0.25, 0.3) is 11.0 Å². The zero-order chi connectivity index (χ0) is 15.6. The third-order valence-corrected chi connectivity index (χ3v) is 3.40. The molecule has 0 N–H and O–H groups in total. The van der Waals surface area contributed by atoms with Gasteiger partial charge >= 0.3 is 11.6 Å². The number of benzene rings is 1. The van der Waals surface area contributed by atoms with E-state index in [4.69, 9.17) is 20.8 Å². The molecule has 0 radical (unpaired) electrons. The minimum atomic E-state index is -0.814. The van der Waals surface area contributed by atoms with E-state index >= 15 is 0 Å². The first-order chi connectivity index (χ1) is 9.96. The quantitative estimate of drug-likeness (QED) is 0.641. The number of ether oxygens (including phenoxy) is 2. The molecule has 1 atom stereocenters. The lowest BCUT2D eigenvalue weighted by atomic mass is 10.1. The number of hydrogen-bond acceptors (Lipinski definition) is 5. The van der Waals surface area contributed by atoms with Gasteiger partial charge in [-0.05, 0) is 25.0 Å². The normalized spacial score (nSPS) is 12.2. The monoisotopic (exact) mass is 310 g/mol. The van der Waals surface area contributed by atoms with E-state index in [1.54, 1.807) is 13.0 Å². The summed E-state index contributed by atoms with van der Waals surface area (Å²) in [5.41, 5.74) is 0.778. The van der Waals surface area contributed by atoms with Crippen LogP contribution in [0, 0.1) is 0 Å². The van der Waals surface area contributed by atoms with Crippen LogP contribution in [0.1, 0.15) is 19.4 Å². The summed E-state index contributed by atoms with van der Waals surface area (Å²) in [6, 6.07) is 4.62. The molecule has 0 amide bonds. The highest BCUT2D eigenvalue weighted by molar-refractivity contribution is 6.32. The molecule has 1 aromatic heterocycles. The fourth-order valence-corrected chi connectivity index (χ4v) is 2.22. The molecular weight excluding hydrogens is 296 g/mol. The molecule has 0 saturated carbocycles. The van der Waals surface area contributed by atoms with Gasteiger partial charge in [0.25, 0.3) is 0 Å². The molecule has 0 aliphatic heterocycles. The Bertz CT molecular complexity index is 735. The maximum absolute atomic E-state index is 11.5. The maximum Gasteiger partial charge on any atom is 0.346 e. The Labute approximate surface area is 126 Å². The average Bonchev–Trinajstić information content (AvgIpc) is 2.46. The molecular formula is C15H15ClO5. The SMILES string of the molecule is CCc1cc(=O)oc2cc(O[C@@H](C)C(=O)OC)c(Cl)cc12. The molecule has 0 saturated heterocycles. The van der Waals surface area contributed by atoms with Crippen molar-refractivity contribution in [2.75, 3.05) is 7.11 Å². The minimum absolute atomic E-state index is 0.262. The molecule has 0 unspecified atom stereocenters. The van der Waals surface area contributed by atoms with E-state index in [0.29, 0.717) is 17.0 Å². The van der Waals surface area contributed by atoms with E-state index in [1.165, 1.54) is 19.2 Å². The summed E-state index contributed by atoms with van der Waals surface area (Å²) in [7, 11) is 1.27. The van der Waals surface area contributed by atoms with Crippen molar-refractivity contribution in [3.8, 4) is 5.75 Å². The van der Waals surface area contributed by atoms with Gasteiger partial charge in [0, 0.05) is 17.5 Å². The third kappa shape index (κ3) is 3.19. The van der Waals surface area contributed by atoms with Crippen LogP contribution in [0.4, 0.5) is 0 Å². The first-order valence-electron chi connectivity index (χ1n) is 6.47. The number of rotatable bonds is 4. The van der Waals surface area contributed by atoms with Crippen molar-refractivity contribution >= 4 is 28.5 Å². The van der Waals surface area contributed by atoms with E-state index in [-0.39, 0.29) is 5.75 Å². The summed E-state index contributed by atoms with van der Waals surface area (Å²) in [6.45, 7) is 3.48. The van der Waals surface area contributed by atoms with E-state index in [0.717, 1.165) is 10.9 Å². The average molecular weight is 311 g/mol. The van der Waals surface area contributed by atoms with Crippen LogP contribution in [0.5, 0.6) is 5.75 Å². The Morgan fingerprint density at radius 2 is 2.10 bits per heavy atom. The van der Waals surface area contributed by atoms with Crippen LogP contribution in [-0.2, 0) is 16.0 Å². The summed E-state index contributed by atoms with van der Waals surface area (Å²) in [4.78, 5) is 22.9. The van der Waals surface area contributed by atoms with Gasteiger partial charge < -0.3 is 13.9 Å². The van der Waals surface area contributed by atoms with Crippen LogP contribution in [-0.4, -0.2) is 19.2 Å². The fourth-order valence-electron chi connectivity index (χ4n) is 2.02. The van der Waals surface area contributed by atoms with Crippen LogP contribution in [0.3, 0.4) is 0 Å². The van der Waals surface area contributed by atoms with E-state index in [9.17, 15) is 9.59 Å². The maximum atomic E-state index is 11.5. The molecule has 1 aromatic carbocycles. The lowest BCUT2D eigenvalue weighted by Gasteiger charge is -2.14. The summed E-state index contributed by atoms with van der Waals surface area (Å²) < 4.78 is 15.2. The van der Waals surface area contributed by atoms with Gasteiger partial charge in [-0.25, -0.2) is 9.59 Å². The van der Waals surface area contributed by atoms with E-state index in [1.807, 2.05) is 6.92 Å². The molecule has 5 nitrogen and oxygen atoms in total. The van der Waals surface area contributed by atoms with Crippen molar-refractivity contribution in [3.05, 3.63) is 39.2 Å². The van der Waals surface area contributed by atoms with Crippen molar-refractivity contribution in [1.29, 1.82) is 0 Å². The van der Waals surface area contributed by atoms with Gasteiger partial charge in [0.15, 0.2) is 6.10 Å². The number of carbonyl (C=O) groups is 1. The molecule has 2 aromatic rings. The highest BCUT2D eigenvalue weighted by Crippen LogP contribution is 2.32. The molecule has 0 bridgehead atoms. The lowest BCUT2D eigenvalue weighted by molar-refractivity contribution is -0.147. The number of halogens is 1. The molecule has 0 fully saturated rings.